The van der Waals surface area contributed by atoms with Gasteiger partial charge in [0.15, 0.2) is 62.9 Å². The maximum absolute atomic E-state index is 13.4. The molecule has 0 aromatic carbocycles. The van der Waals surface area contributed by atoms with Crippen LogP contribution in [-0.4, -0.2) is 540 Å². The molecule has 5 amide bonds. The molecule has 0 radical (unpaired) electrons. The zero-order valence-electron chi connectivity index (χ0n) is 67.8. The lowest BCUT2D eigenvalue weighted by Crippen LogP contribution is -2.71. The Hall–Kier alpha value is -4.49. The van der Waals surface area contributed by atoms with Crippen LogP contribution in [0.2, 0.25) is 0 Å². The second-order valence-electron chi connectivity index (χ2n) is 31.7. The Bertz CT molecular complexity index is 3440. The summed E-state index contributed by atoms with van der Waals surface area (Å²) in [6, 6.07) is -9.38. The van der Waals surface area contributed by atoms with E-state index in [1.165, 1.54) is 0 Å². The number of nitrogens with one attached hydrogen (secondary N) is 5. The highest BCUT2D eigenvalue weighted by atomic mass is 16.8. The molecular weight excluding hydrogens is 1730 g/mol. The summed E-state index contributed by atoms with van der Waals surface area (Å²) >= 11 is 0. The number of hydrogen-bond acceptors (Lipinski definition) is 51. The van der Waals surface area contributed by atoms with Gasteiger partial charge in [-0.1, -0.05) is 0 Å². The molecule has 56 nitrogen and oxygen atoms in total. The van der Waals surface area contributed by atoms with Crippen LogP contribution in [0, 0.1) is 0 Å². The maximum Gasteiger partial charge on any atom is 0.217 e. The van der Waals surface area contributed by atoms with Crippen LogP contribution in [0.1, 0.15) is 34.6 Å². The molecule has 10 aliphatic rings. The van der Waals surface area contributed by atoms with E-state index in [0.29, 0.717) is 0 Å². The Kier molecular flexibility index (Phi) is 37.4. The zero-order valence-corrected chi connectivity index (χ0v) is 67.8. The number of aliphatic hydroxyl groups is 27. The van der Waals surface area contributed by atoms with E-state index in [1.807, 2.05) is 0 Å². The van der Waals surface area contributed by atoms with Crippen LogP contribution < -0.4 is 26.6 Å². The Morgan fingerprint density at radius 2 is 0.437 bits per heavy atom. The SMILES string of the molecule is CC(=O)N[C@@H]1[C@@H](O)[C@H](O[C@@H]2O[C@H](CO)[C@@H](O[C@@H]3O[C@H](CO[C@H]4O[C@H](CO[C@H]5O[C@H](CO)[C@@H](O)[C@H](O)[C@@H]5O)[C@@H](O)[C@H](O[C@H]5O[C@H](CO)[C@@H](O)[C@H](O)[C@@H]5O)[C@@H]4O)[C@@H](O)[C@H](O[C@H]4O[C@H](CO)[C@@H](O[C@@H]5O[C@H](CO)[C@@H](O)[C@H](O)[C@H]5NC(C)=O)[C@H](O)[C@@H]4O[C@@H]4O[C@H](CO)[C@@H](O[C@@H]5O[C@H](CO)[C@@H](O)[C@H](O)[C@H]5NC(C)=O)[C@H](O)[C@H]4NC(C)=O)[C@@H]3O)[C@H](O)[C@H]2NC(C)=O)[C@@H](CO)O[C@@H]1O. The third kappa shape index (κ3) is 23.1. The van der Waals surface area contributed by atoms with Gasteiger partial charge in [0.25, 0.3) is 0 Å². The summed E-state index contributed by atoms with van der Waals surface area (Å²) in [6.07, 6.45) is -96.7. The number of carbonyl (C=O) groups excluding carboxylic acids is 5. The van der Waals surface area contributed by atoms with Crippen molar-refractivity contribution in [1.29, 1.82) is 0 Å². The van der Waals surface area contributed by atoms with Crippen LogP contribution >= 0.6 is 0 Å². The van der Waals surface area contributed by atoms with Crippen LogP contribution in [0.25, 0.3) is 0 Å². The van der Waals surface area contributed by atoms with Gasteiger partial charge in [-0.25, -0.2) is 0 Å². The fourth-order valence-electron chi connectivity index (χ4n) is 16.3. The molecular formula is C70H117N5O51. The van der Waals surface area contributed by atoms with Crippen molar-refractivity contribution in [3.05, 3.63) is 0 Å². The van der Waals surface area contributed by atoms with E-state index in [0.717, 1.165) is 34.6 Å². The Morgan fingerprint density at radius 3 is 0.810 bits per heavy atom. The molecule has 10 heterocycles. The van der Waals surface area contributed by atoms with Gasteiger partial charge in [0.05, 0.1) is 66.1 Å². The van der Waals surface area contributed by atoms with Crippen molar-refractivity contribution in [3.8, 4) is 0 Å². The van der Waals surface area contributed by atoms with Gasteiger partial charge >= 0.3 is 0 Å². The van der Waals surface area contributed by atoms with Gasteiger partial charge in [-0.3, -0.25) is 24.0 Å². The number of carbonyl (C=O) groups is 5. The van der Waals surface area contributed by atoms with E-state index in [9.17, 15) is 162 Å². The lowest BCUT2D eigenvalue weighted by atomic mass is 9.93. The number of ether oxygens (including phenoxy) is 19. The van der Waals surface area contributed by atoms with Crippen molar-refractivity contribution in [2.45, 2.75) is 341 Å². The molecule has 32 N–H and O–H groups in total. The van der Waals surface area contributed by atoms with Crippen LogP contribution in [0.5, 0.6) is 0 Å². The van der Waals surface area contributed by atoms with Crippen molar-refractivity contribution in [2.24, 2.45) is 0 Å². The smallest absolute Gasteiger partial charge is 0.217 e. The average Bonchev–Trinajstić information content (AvgIpc) is 0.755. The molecule has 728 valence electrons. The molecule has 50 atom stereocenters. The maximum atomic E-state index is 13.4. The second-order valence-corrected chi connectivity index (χ2v) is 31.7. The molecule has 10 rings (SSSR count). The van der Waals surface area contributed by atoms with E-state index in [1.54, 1.807) is 0 Å². The molecule has 10 aliphatic heterocycles. The zero-order chi connectivity index (χ0) is 92.8. The van der Waals surface area contributed by atoms with Crippen molar-refractivity contribution >= 4 is 29.5 Å². The first kappa shape index (κ1) is 104. The van der Waals surface area contributed by atoms with Gasteiger partial charge in [-0.15, -0.1) is 0 Å². The predicted octanol–water partition coefficient (Wildman–Crippen LogP) is -22.1. The van der Waals surface area contributed by atoms with Crippen LogP contribution in [0.15, 0.2) is 0 Å². The number of hydrogen-bond donors (Lipinski definition) is 32. The van der Waals surface area contributed by atoms with E-state index in [-0.39, 0.29) is 0 Å². The van der Waals surface area contributed by atoms with Crippen molar-refractivity contribution in [3.63, 3.8) is 0 Å². The van der Waals surface area contributed by atoms with E-state index in [4.69, 9.17) is 90.0 Å². The Balaban J connectivity index is 1.05. The van der Waals surface area contributed by atoms with Gasteiger partial charge in [0.1, 0.15) is 244 Å². The van der Waals surface area contributed by atoms with E-state index in [2.05, 4.69) is 26.6 Å². The third-order valence-electron chi connectivity index (χ3n) is 22.9. The summed E-state index contributed by atoms with van der Waals surface area (Å²) in [5.41, 5.74) is 0. The van der Waals surface area contributed by atoms with E-state index >= 15 is 0 Å². The number of aliphatic hydroxyl groups excluding tert-OH is 27. The minimum absolute atomic E-state index is 0.815. The molecule has 56 heteroatoms. The van der Waals surface area contributed by atoms with Gasteiger partial charge in [0.2, 0.25) is 29.5 Å². The first-order valence-corrected chi connectivity index (χ1v) is 40.1. The summed E-state index contributed by atoms with van der Waals surface area (Å²) in [7, 11) is 0. The fourth-order valence-corrected chi connectivity index (χ4v) is 16.3. The third-order valence-corrected chi connectivity index (χ3v) is 22.9. The summed E-state index contributed by atoms with van der Waals surface area (Å²) in [6.45, 7) is -6.58. The summed E-state index contributed by atoms with van der Waals surface area (Å²) < 4.78 is 114. The largest absolute Gasteiger partial charge is 0.394 e. The second kappa shape index (κ2) is 45.5. The summed E-state index contributed by atoms with van der Waals surface area (Å²) in [5, 5.41) is 315. The molecule has 0 spiro atoms. The van der Waals surface area contributed by atoms with Crippen LogP contribution in [0.4, 0.5) is 0 Å². The molecule has 0 aromatic rings. The summed E-state index contributed by atoms with van der Waals surface area (Å²) in [4.78, 5) is 64.0. The molecule has 0 bridgehead atoms. The molecule has 10 fully saturated rings. The topological polar surface area (TPSA) is 867 Å². The predicted molar refractivity (Wildman–Crippen MR) is 388 cm³/mol. The molecule has 0 unspecified atom stereocenters. The Labute approximate surface area is 713 Å². The average molecular weight is 1840 g/mol. The van der Waals surface area contributed by atoms with Crippen molar-refractivity contribution in [2.75, 3.05) is 66.1 Å². The standard InChI is InChI=1S/C70H117N5O51/c1-16(84)71-31-44(97)54(25(10-80)110-61(31)107)120-64-34(74-19(4)87)46(99)56(27(12-82)115-64)123-69-53(106)59(41(94)30(119-69)15-109-67-52(105)58(124-68-50(103)48(101)39(92)24(9-79)114-68)40(93)29(118-67)14-108-66-49(102)47(100)38(91)23(8-78)113-66)125-70-60(51(104)57(28(13-83)117-70)122-63-33(73-18(3)86)43(96)37(90)22(7-77)112-63)126-65-35(75-20(5)88)45(98)55(26(11-81)116-65)121-62-32(72-17(2)85)42(95)36(89)21(6-76)111-62/h21-70,76-83,89-107H,6-15H2,1-5H3,(H,71,84)(H,72,85)(H,73,86)(H,74,87)(H,75,88)/t21-,22-,23-,24-,25-,26-,27-,28-,29-,30-,31-,32-,33-,34-,35-,36-,37-,38-,39-,40-,41-,42-,43-,44-,45-,46-,47+,48+,49+,50+,51+,52+,53+,54-,55-,56-,57-,58+,59+,60+,61+,62+,63+,64+,65+,66+,67+,68-,69+,70-/m1/s1. The molecule has 10 saturated heterocycles. The highest BCUT2D eigenvalue weighted by Gasteiger charge is 2.62. The van der Waals surface area contributed by atoms with Crippen molar-refractivity contribution in [1.82, 2.24) is 26.6 Å². The molecule has 0 aliphatic carbocycles. The van der Waals surface area contributed by atoms with Crippen LogP contribution in [0.3, 0.4) is 0 Å². The molecule has 0 aromatic heterocycles. The number of rotatable bonds is 33. The molecule has 0 saturated carbocycles. The first-order chi connectivity index (χ1) is 59.6. The highest BCUT2D eigenvalue weighted by molar-refractivity contribution is 5.75. The van der Waals surface area contributed by atoms with Gasteiger partial charge in [-0.05, 0) is 0 Å². The highest BCUT2D eigenvalue weighted by Crippen LogP contribution is 2.41. The monoisotopic (exact) mass is 1840 g/mol. The van der Waals surface area contributed by atoms with Gasteiger partial charge in [0, 0.05) is 34.6 Å². The quantitative estimate of drug-likeness (QED) is 0.0290. The lowest BCUT2D eigenvalue weighted by molar-refractivity contribution is -0.404. The van der Waals surface area contributed by atoms with Crippen LogP contribution in [-0.2, 0) is 114 Å². The van der Waals surface area contributed by atoms with Crippen molar-refractivity contribution < 1.29 is 252 Å². The van der Waals surface area contributed by atoms with E-state index < -0.39 is 402 Å². The lowest BCUT2D eigenvalue weighted by Gasteiger charge is -2.52. The molecule has 126 heavy (non-hydrogen) atoms. The van der Waals surface area contributed by atoms with Gasteiger partial charge in [-0.2, -0.15) is 0 Å². The minimum Gasteiger partial charge on any atom is -0.394 e. The number of amides is 5. The summed E-state index contributed by atoms with van der Waals surface area (Å²) in [5.74, 6) is -4.61. The Morgan fingerprint density at radius 1 is 0.206 bits per heavy atom. The first-order valence-electron chi connectivity index (χ1n) is 40.1. The fraction of sp³-hybridized carbons (Fsp3) is 0.929. The minimum atomic E-state index is -2.70. The normalized spacial score (nSPS) is 48.4. The van der Waals surface area contributed by atoms with Gasteiger partial charge < -0.3 is 254 Å².